The fraction of sp³-hybridized carbons (Fsp3) is 0.429. The van der Waals surface area contributed by atoms with Crippen LogP contribution in [0.25, 0.3) is 0 Å². The molecule has 0 fully saturated rings. The molecule has 0 bridgehead atoms. The minimum absolute atomic E-state index is 0.171. The molecule has 0 saturated carbocycles. The smallest absolute Gasteiger partial charge is 0.242 e. The van der Waals surface area contributed by atoms with Gasteiger partial charge in [0.1, 0.15) is 4.90 Å². The van der Waals surface area contributed by atoms with Crippen LogP contribution in [0.5, 0.6) is 0 Å². The van der Waals surface area contributed by atoms with Gasteiger partial charge < -0.3 is 5.73 Å². The quantitative estimate of drug-likeness (QED) is 0.656. The molecule has 5 heteroatoms. The molecule has 3 N–H and O–H groups in total. The second kappa shape index (κ2) is 5.75. The maximum absolute atomic E-state index is 12.2. The normalized spacial score (nSPS) is 19.5. The van der Waals surface area contributed by atoms with Crippen LogP contribution in [0.3, 0.4) is 0 Å². The number of nitrogens with one attached hydrogen (secondary N) is 1. The first-order valence-electron chi connectivity index (χ1n) is 6.50. The van der Waals surface area contributed by atoms with Crippen LogP contribution in [0.2, 0.25) is 0 Å². The summed E-state index contributed by atoms with van der Waals surface area (Å²) in [5, 5.41) is 0. The molecule has 0 aliphatic heterocycles. The van der Waals surface area contributed by atoms with Crippen LogP contribution < -0.4 is 10.5 Å². The number of anilines is 1. The molecular formula is C14H20N2O2S. The zero-order valence-electron chi connectivity index (χ0n) is 11.1. The molecule has 1 aliphatic rings. The van der Waals surface area contributed by atoms with Gasteiger partial charge in [0.2, 0.25) is 10.0 Å². The third-order valence-corrected chi connectivity index (χ3v) is 4.89. The van der Waals surface area contributed by atoms with E-state index in [4.69, 9.17) is 5.73 Å². The largest absolute Gasteiger partial charge is 0.398 e. The molecule has 0 spiro atoms. The van der Waals surface area contributed by atoms with Crippen LogP contribution in [-0.4, -0.2) is 15.0 Å². The van der Waals surface area contributed by atoms with Crippen molar-refractivity contribution in [1.29, 1.82) is 0 Å². The number of aryl methyl sites for hydroxylation is 1. The predicted octanol–water partition coefficient (Wildman–Crippen LogP) is 2.21. The monoisotopic (exact) mass is 280 g/mol. The molecule has 0 saturated heterocycles. The van der Waals surface area contributed by atoms with Gasteiger partial charge in [0.05, 0.1) is 5.69 Å². The van der Waals surface area contributed by atoms with Crippen LogP contribution in [0, 0.1) is 12.8 Å². The van der Waals surface area contributed by atoms with E-state index >= 15 is 0 Å². The van der Waals surface area contributed by atoms with Crippen molar-refractivity contribution in [2.24, 2.45) is 5.92 Å². The molecule has 1 atom stereocenters. The average Bonchev–Trinajstić information content (AvgIpc) is 2.37. The third-order valence-electron chi connectivity index (χ3n) is 3.39. The molecule has 1 unspecified atom stereocenters. The highest BCUT2D eigenvalue weighted by atomic mass is 32.2. The van der Waals surface area contributed by atoms with Crippen molar-refractivity contribution in [1.82, 2.24) is 4.72 Å². The maximum Gasteiger partial charge on any atom is 0.242 e. The molecule has 0 radical (unpaired) electrons. The van der Waals surface area contributed by atoms with Gasteiger partial charge in [0.15, 0.2) is 0 Å². The highest BCUT2D eigenvalue weighted by Gasteiger charge is 2.19. The van der Waals surface area contributed by atoms with E-state index in [0.717, 1.165) is 24.8 Å². The van der Waals surface area contributed by atoms with E-state index in [-0.39, 0.29) is 4.90 Å². The molecule has 0 amide bonds. The van der Waals surface area contributed by atoms with E-state index in [9.17, 15) is 8.42 Å². The topological polar surface area (TPSA) is 72.2 Å². The van der Waals surface area contributed by atoms with E-state index in [1.54, 1.807) is 18.2 Å². The van der Waals surface area contributed by atoms with E-state index in [2.05, 4.69) is 16.9 Å². The molecule has 1 aliphatic carbocycles. The van der Waals surface area contributed by atoms with Crippen molar-refractivity contribution in [3.8, 4) is 0 Å². The molecular weight excluding hydrogens is 260 g/mol. The number of hydrogen-bond acceptors (Lipinski definition) is 3. The Morgan fingerprint density at radius 1 is 1.37 bits per heavy atom. The summed E-state index contributed by atoms with van der Waals surface area (Å²) in [5.74, 6) is 0.381. The third kappa shape index (κ3) is 3.58. The van der Waals surface area contributed by atoms with Crippen LogP contribution in [0.1, 0.15) is 24.8 Å². The van der Waals surface area contributed by atoms with Gasteiger partial charge >= 0.3 is 0 Å². The lowest BCUT2D eigenvalue weighted by atomic mass is 9.95. The molecule has 2 rings (SSSR count). The fourth-order valence-corrected chi connectivity index (χ4v) is 3.49. The van der Waals surface area contributed by atoms with Gasteiger partial charge in [-0.2, -0.15) is 0 Å². The number of rotatable bonds is 4. The maximum atomic E-state index is 12.2. The summed E-state index contributed by atoms with van der Waals surface area (Å²) < 4.78 is 27.1. The summed E-state index contributed by atoms with van der Waals surface area (Å²) in [7, 11) is -3.51. The van der Waals surface area contributed by atoms with Crippen LogP contribution in [-0.2, 0) is 10.0 Å². The second-order valence-electron chi connectivity index (χ2n) is 5.04. The first kappa shape index (κ1) is 14.1. The number of nitrogen functional groups attached to an aromatic ring is 1. The standard InChI is InChI=1S/C14H20N2O2S/c1-11-7-8-14(13(15)9-11)19(17,18)16-10-12-5-3-2-4-6-12/h2-3,7-9,12,16H,4-6,10,15H2,1H3. The van der Waals surface area contributed by atoms with Crippen LogP contribution >= 0.6 is 0 Å². The number of hydrogen-bond donors (Lipinski definition) is 2. The molecule has 4 nitrogen and oxygen atoms in total. The number of sulfonamides is 1. The number of benzene rings is 1. The number of nitrogens with two attached hydrogens (primary N) is 1. The highest BCUT2D eigenvalue weighted by Crippen LogP contribution is 2.21. The van der Waals surface area contributed by atoms with Gasteiger partial charge in [-0.15, -0.1) is 0 Å². The Morgan fingerprint density at radius 2 is 2.16 bits per heavy atom. The SMILES string of the molecule is Cc1ccc(S(=O)(=O)NCC2CC=CCC2)c(N)c1. The van der Waals surface area contributed by atoms with Crippen LogP contribution in [0.15, 0.2) is 35.2 Å². The number of allylic oxidation sites excluding steroid dienone is 2. The minimum Gasteiger partial charge on any atom is -0.398 e. The van der Waals surface area contributed by atoms with Crippen molar-refractivity contribution in [3.05, 3.63) is 35.9 Å². The summed E-state index contributed by atoms with van der Waals surface area (Å²) in [4.78, 5) is 0.171. The zero-order valence-corrected chi connectivity index (χ0v) is 11.9. The van der Waals surface area contributed by atoms with E-state index in [1.165, 1.54) is 0 Å². The van der Waals surface area contributed by atoms with Gasteiger partial charge in [0.25, 0.3) is 0 Å². The Bertz CT molecular complexity index is 579. The van der Waals surface area contributed by atoms with Crippen molar-refractivity contribution in [3.63, 3.8) is 0 Å². The van der Waals surface area contributed by atoms with Gasteiger partial charge in [-0.1, -0.05) is 18.2 Å². The molecule has 104 valence electrons. The zero-order chi connectivity index (χ0) is 13.9. The Hall–Kier alpha value is -1.33. The summed E-state index contributed by atoms with van der Waals surface area (Å²) in [6.45, 7) is 2.36. The predicted molar refractivity (Wildman–Crippen MR) is 77.3 cm³/mol. The van der Waals surface area contributed by atoms with Crippen molar-refractivity contribution in [2.45, 2.75) is 31.1 Å². The summed E-state index contributed by atoms with van der Waals surface area (Å²) >= 11 is 0. The van der Waals surface area contributed by atoms with Gasteiger partial charge in [-0.25, -0.2) is 13.1 Å². The lowest BCUT2D eigenvalue weighted by Crippen LogP contribution is -2.30. The van der Waals surface area contributed by atoms with E-state index in [0.29, 0.717) is 18.2 Å². The molecule has 1 aromatic rings. The van der Waals surface area contributed by atoms with Gasteiger partial charge in [-0.3, -0.25) is 0 Å². The Balaban J connectivity index is 2.07. The molecule has 0 heterocycles. The highest BCUT2D eigenvalue weighted by molar-refractivity contribution is 7.89. The van der Waals surface area contributed by atoms with E-state index < -0.39 is 10.0 Å². The van der Waals surface area contributed by atoms with Gasteiger partial charge in [-0.05, 0) is 49.8 Å². The summed E-state index contributed by atoms with van der Waals surface area (Å²) in [6, 6.07) is 5.00. The molecule has 0 aromatic heterocycles. The van der Waals surface area contributed by atoms with Crippen molar-refractivity contribution < 1.29 is 8.42 Å². The fourth-order valence-electron chi connectivity index (χ4n) is 2.26. The Morgan fingerprint density at radius 3 is 2.79 bits per heavy atom. The van der Waals surface area contributed by atoms with Crippen molar-refractivity contribution >= 4 is 15.7 Å². The second-order valence-corrected chi connectivity index (χ2v) is 6.78. The Labute approximate surface area is 114 Å². The van der Waals surface area contributed by atoms with Gasteiger partial charge in [0, 0.05) is 6.54 Å². The van der Waals surface area contributed by atoms with E-state index in [1.807, 2.05) is 6.92 Å². The minimum atomic E-state index is -3.51. The van der Waals surface area contributed by atoms with Crippen molar-refractivity contribution in [2.75, 3.05) is 12.3 Å². The molecule has 1 aromatic carbocycles. The van der Waals surface area contributed by atoms with Crippen LogP contribution in [0.4, 0.5) is 5.69 Å². The average molecular weight is 280 g/mol. The lowest BCUT2D eigenvalue weighted by Gasteiger charge is -2.18. The first-order valence-corrected chi connectivity index (χ1v) is 7.98. The summed E-state index contributed by atoms with van der Waals surface area (Å²) in [5.41, 5.74) is 7.04. The Kier molecular flexibility index (Phi) is 4.27. The summed E-state index contributed by atoms with van der Waals surface area (Å²) in [6.07, 6.45) is 7.25. The molecule has 19 heavy (non-hydrogen) atoms. The lowest BCUT2D eigenvalue weighted by molar-refractivity contribution is 0.468. The first-order chi connectivity index (χ1) is 8.99.